The molecule has 9 nitrogen and oxygen atoms in total. The van der Waals surface area contributed by atoms with Crippen molar-refractivity contribution in [2.45, 2.75) is 32.7 Å². The van der Waals surface area contributed by atoms with Crippen LogP contribution in [-0.2, 0) is 29.3 Å². The first kappa shape index (κ1) is 32.9. The summed E-state index contributed by atoms with van der Waals surface area (Å²) in [6, 6.07) is 22.9. The SMILES string of the molecule is CCOC(=O)C(CO)NCc1cc(F)c(OCc2cccc(-c3ccccc3)c2Br)cc1OCc1ccc2nonc2c1.Cl. The van der Waals surface area contributed by atoms with Crippen molar-refractivity contribution < 1.29 is 33.1 Å². The number of fused-ring (bicyclic) bond motifs is 1. The number of carbonyl (C=O) groups is 1. The van der Waals surface area contributed by atoms with Gasteiger partial charge in [0.2, 0.25) is 0 Å². The molecule has 0 bridgehead atoms. The number of nitrogens with one attached hydrogen (secondary N) is 1. The third-order valence-corrected chi connectivity index (χ3v) is 7.60. The molecule has 5 aromatic rings. The highest BCUT2D eigenvalue weighted by Crippen LogP contribution is 2.34. The first-order chi connectivity index (χ1) is 21.0. The second-order valence-corrected chi connectivity index (χ2v) is 10.4. The Morgan fingerprint density at radius 2 is 1.73 bits per heavy atom. The van der Waals surface area contributed by atoms with Gasteiger partial charge in [0.1, 0.15) is 36.0 Å². The van der Waals surface area contributed by atoms with Crippen LogP contribution in [0.4, 0.5) is 4.39 Å². The number of nitrogens with zero attached hydrogens (tertiary/aromatic N) is 2. The van der Waals surface area contributed by atoms with E-state index >= 15 is 4.39 Å². The molecular formula is C32H30BrClFN3O6. The van der Waals surface area contributed by atoms with Crippen molar-refractivity contribution in [3.05, 3.63) is 106 Å². The van der Waals surface area contributed by atoms with E-state index in [1.54, 1.807) is 19.1 Å². The van der Waals surface area contributed by atoms with Crippen LogP contribution in [0.5, 0.6) is 11.5 Å². The van der Waals surface area contributed by atoms with Gasteiger partial charge in [-0.15, -0.1) is 12.4 Å². The van der Waals surface area contributed by atoms with Gasteiger partial charge in [-0.1, -0.05) is 54.6 Å². The van der Waals surface area contributed by atoms with Crippen LogP contribution in [0.1, 0.15) is 23.6 Å². The number of ether oxygens (including phenoxy) is 3. The van der Waals surface area contributed by atoms with Crippen LogP contribution in [-0.4, -0.2) is 40.6 Å². The standard InChI is InChI=1S/C32H29BrFN3O6.ClH/c1-2-40-32(39)28(17-38)35-16-23-14-25(34)30(15-29(23)41-18-20-11-12-26-27(13-20)37-43-36-26)42-19-22-9-6-10-24(31(22)33)21-7-4-3-5-8-21;/h3-15,28,35,38H,2,16-19H2,1H3;1H. The molecule has 0 saturated heterocycles. The van der Waals surface area contributed by atoms with Gasteiger partial charge >= 0.3 is 5.97 Å². The van der Waals surface area contributed by atoms with Gasteiger partial charge in [0.15, 0.2) is 11.6 Å². The topological polar surface area (TPSA) is 116 Å². The van der Waals surface area contributed by atoms with Crippen LogP contribution in [0, 0.1) is 5.82 Å². The van der Waals surface area contributed by atoms with Crippen molar-refractivity contribution in [3.63, 3.8) is 0 Å². The lowest BCUT2D eigenvalue weighted by molar-refractivity contribution is -0.146. The van der Waals surface area contributed by atoms with Crippen LogP contribution in [0.2, 0.25) is 0 Å². The first-order valence-electron chi connectivity index (χ1n) is 13.6. The van der Waals surface area contributed by atoms with E-state index in [9.17, 15) is 9.90 Å². The number of rotatable bonds is 13. The number of carbonyl (C=O) groups excluding carboxylic acids is 1. The van der Waals surface area contributed by atoms with Gasteiger partial charge in [-0.2, -0.15) is 0 Å². The molecular weight excluding hydrogens is 657 g/mol. The fourth-order valence-corrected chi connectivity index (χ4v) is 5.03. The summed E-state index contributed by atoms with van der Waals surface area (Å²) in [7, 11) is 0. The van der Waals surface area contributed by atoms with Gasteiger partial charge in [-0.05, 0) is 68.1 Å². The lowest BCUT2D eigenvalue weighted by atomic mass is 10.0. The molecule has 230 valence electrons. The Balaban J connectivity index is 0.00000442. The maximum absolute atomic E-state index is 15.4. The Morgan fingerprint density at radius 1 is 0.955 bits per heavy atom. The maximum atomic E-state index is 15.4. The Kier molecular flexibility index (Phi) is 11.7. The second kappa shape index (κ2) is 15.6. The molecule has 0 saturated carbocycles. The quantitative estimate of drug-likeness (QED) is 0.136. The monoisotopic (exact) mass is 685 g/mol. The summed E-state index contributed by atoms with van der Waals surface area (Å²) in [5.41, 5.74) is 5.27. The Labute approximate surface area is 267 Å². The Bertz CT molecular complexity index is 1700. The molecule has 0 fully saturated rings. The Hall–Kier alpha value is -4.03. The molecule has 0 spiro atoms. The van der Waals surface area contributed by atoms with Crippen molar-refractivity contribution in [2.75, 3.05) is 13.2 Å². The van der Waals surface area contributed by atoms with E-state index in [2.05, 4.69) is 31.6 Å². The summed E-state index contributed by atoms with van der Waals surface area (Å²) in [6.07, 6.45) is 0. The lowest BCUT2D eigenvalue weighted by Gasteiger charge is -2.18. The van der Waals surface area contributed by atoms with E-state index in [0.29, 0.717) is 22.3 Å². The number of esters is 1. The Morgan fingerprint density at radius 3 is 2.50 bits per heavy atom. The number of hydrogen-bond acceptors (Lipinski definition) is 9. The minimum Gasteiger partial charge on any atom is -0.488 e. The molecule has 1 aromatic heterocycles. The summed E-state index contributed by atoms with van der Waals surface area (Å²) >= 11 is 3.68. The minimum atomic E-state index is -0.983. The van der Waals surface area contributed by atoms with Crippen molar-refractivity contribution in [1.29, 1.82) is 0 Å². The van der Waals surface area contributed by atoms with Crippen LogP contribution in [0.25, 0.3) is 22.2 Å². The third kappa shape index (κ3) is 7.92. The normalized spacial score (nSPS) is 11.5. The van der Waals surface area contributed by atoms with Crippen molar-refractivity contribution >= 4 is 45.3 Å². The van der Waals surface area contributed by atoms with Crippen molar-refractivity contribution in [3.8, 4) is 22.6 Å². The number of aliphatic hydroxyl groups is 1. The molecule has 0 aliphatic rings. The van der Waals surface area contributed by atoms with E-state index in [4.69, 9.17) is 18.8 Å². The highest BCUT2D eigenvalue weighted by atomic mass is 79.9. The van der Waals surface area contributed by atoms with E-state index in [0.717, 1.165) is 26.7 Å². The number of benzene rings is 4. The molecule has 0 aliphatic heterocycles. The maximum Gasteiger partial charge on any atom is 0.325 e. The highest BCUT2D eigenvalue weighted by Gasteiger charge is 2.20. The predicted octanol–water partition coefficient (Wildman–Crippen LogP) is 6.38. The van der Waals surface area contributed by atoms with Gasteiger partial charge in [0, 0.05) is 28.2 Å². The number of aromatic nitrogens is 2. The van der Waals surface area contributed by atoms with Crippen LogP contribution in [0.15, 0.2) is 88.0 Å². The molecule has 1 atom stereocenters. The fourth-order valence-electron chi connectivity index (χ4n) is 4.42. The molecule has 0 aliphatic carbocycles. The fraction of sp³-hybridized carbons (Fsp3) is 0.219. The van der Waals surface area contributed by atoms with Crippen LogP contribution < -0.4 is 14.8 Å². The molecule has 5 rings (SSSR count). The molecule has 12 heteroatoms. The van der Waals surface area contributed by atoms with E-state index in [1.165, 1.54) is 12.1 Å². The molecule has 1 heterocycles. The van der Waals surface area contributed by atoms with Crippen molar-refractivity contribution in [2.24, 2.45) is 0 Å². The molecule has 44 heavy (non-hydrogen) atoms. The number of aliphatic hydroxyl groups excluding tert-OH is 1. The van der Waals surface area contributed by atoms with Crippen LogP contribution in [0.3, 0.4) is 0 Å². The average molecular weight is 687 g/mol. The largest absolute Gasteiger partial charge is 0.488 e. The van der Waals surface area contributed by atoms with E-state index in [1.807, 2.05) is 54.6 Å². The zero-order valence-corrected chi connectivity index (χ0v) is 26.1. The smallest absolute Gasteiger partial charge is 0.325 e. The zero-order chi connectivity index (χ0) is 30.2. The van der Waals surface area contributed by atoms with Gasteiger partial charge in [-0.3, -0.25) is 10.1 Å². The molecule has 0 radical (unpaired) electrons. The van der Waals surface area contributed by atoms with Gasteiger partial charge in [-0.25, -0.2) is 9.02 Å². The molecule has 1 unspecified atom stereocenters. The highest BCUT2D eigenvalue weighted by molar-refractivity contribution is 9.10. The molecule has 2 N–H and O–H groups in total. The lowest BCUT2D eigenvalue weighted by Crippen LogP contribution is -2.40. The molecule has 4 aromatic carbocycles. The summed E-state index contributed by atoms with van der Waals surface area (Å²) in [4.78, 5) is 12.2. The average Bonchev–Trinajstić information content (AvgIpc) is 3.49. The molecule has 0 amide bonds. The third-order valence-electron chi connectivity index (χ3n) is 6.67. The van der Waals surface area contributed by atoms with E-state index in [-0.39, 0.29) is 44.5 Å². The second-order valence-electron chi connectivity index (χ2n) is 9.57. The van der Waals surface area contributed by atoms with Crippen molar-refractivity contribution in [1.82, 2.24) is 15.6 Å². The number of halogens is 3. The van der Waals surface area contributed by atoms with Gasteiger partial charge in [0.05, 0.1) is 13.2 Å². The number of hydrogen-bond donors (Lipinski definition) is 2. The predicted molar refractivity (Wildman–Crippen MR) is 168 cm³/mol. The summed E-state index contributed by atoms with van der Waals surface area (Å²) in [5.74, 6) is -0.882. The summed E-state index contributed by atoms with van der Waals surface area (Å²) in [5, 5.41) is 20.3. The van der Waals surface area contributed by atoms with Gasteiger partial charge < -0.3 is 19.3 Å². The van der Waals surface area contributed by atoms with E-state index < -0.39 is 24.4 Å². The summed E-state index contributed by atoms with van der Waals surface area (Å²) < 4.78 is 38.1. The zero-order valence-electron chi connectivity index (χ0n) is 23.7. The van der Waals surface area contributed by atoms with Gasteiger partial charge in [0.25, 0.3) is 0 Å². The van der Waals surface area contributed by atoms with Crippen LogP contribution >= 0.6 is 28.3 Å². The summed E-state index contributed by atoms with van der Waals surface area (Å²) in [6.45, 7) is 1.61. The minimum absolute atomic E-state index is 0. The first-order valence-corrected chi connectivity index (χ1v) is 14.4.